The minimum Gasteiger partial charge on any atom is -0.378 e. The van der Waals surface area contributed by atoms with Gasteiger partial charge in [-0.15, -0.1) is 0 Å². The van der Waals surface area contributed by atoms with E-state index in [0.29, 0.717) is 22.3 Å². The number of thioether (sulfide) groups is 1. The maximum Gasteiger partial charge on any atom is 0.416 e. The first-order valence-corrected chi connectivity index (χ1v) is 14.9. The van der Waals surface area contributed by atoms with E-state index < -0.39 is 11.7 Å². The van der Waals surface area contributed by atoms with Gasteiger partial charge < -0.3 is 4.90 Å². The molecule has 5 rings (SSSR count). The third-order valence-corrected chi connectivity index (χ3v) is 7.74. The Bertz CT molecular complexity index is 1940. The summed E-state index contributed by atoms with van der Waals surface area (Å²) in [6.45, 7) is 1.52. The number of carbonyl (C=O) groups is 1. The zero-order chi connectivity index (χ0) is 32.0. The van der Waals surface area contributed by atoms with Crippen molar-refractivity contribution in [3.8, 4) is 45.9 Å². The van der Waals surface area contributed by atoms with Gasteiger partial charge in [0.2, 0.25) is 0 Å². The van der Waals surface area contributed by atoms with Gasteiger partial charge >= 0.3 is 6.18 Å². The van der Waals surface area contributed by atoms with Crippen molar-refractivity contribution in [3.05, 3.63) is 143 Å². The maximum atomic E-state index is 13.4. The SMILES string of the molecule is CC(=O)Sc1ccc(C#Cc2cc(-c3ccc(C(F)(F)F)cc3)c(C#Cc3ccccc3)cc2-c2ccc(N(C)C)cc2)cc1. The quantitative estimate of drug-likeness (QED) is 0.148. The molecular formula is C39H28F3NOS. The van der Waals surface area contributed by atoms with Gasteiger partial charge in [-0.2, -0.15) is 13.2 Å². The van der Waals surface area contributed by atoms with Gasteiger partial charge in [0.1, 0.15) is 0 Å². The van der Waals surface area contributed by atoms with E-state index in [2.05, 4.69) is 23.7 Å². The minimum atomic E-state index is -4.44. The number of rotatable bonds is 4. The normalized spacial score (nSPS) is 10.7. The van der Waals surface area contributed by atoms with Gasteiger partial charge in [0.25, 0.3) is 0 Å². The van der Waals surface area contributed by atoms with E-state index in [1.165, 1.54) is 19.1 Å². The summed E-state index contributed by atoms with van der Waals surface area (Å²) in [7, 11) is 3.95. The van der Waals surface area contributed by atoms with Crippen LogP contribution in [0.3, 0.4) is 0 Å². The van der Waals surface area contributed by atoms with Crippen molar-refractivity contribution in [2.24, 2.45) is 0 Å². The van der Waals surface area contributed by atoms with Gasteiger partial charge in [0.15, 0.2) is 5.12 Å². The average Bonchev–Trinajstić information content (AvgIpc) is 3.03. The predicted octanol–water partition coefficient (Wildman–Crippen LogP) is 9.54. The van der Waals surface area contributed by atoms with Crippen LogP contribution < -0.4 is 4.90 Å². The molecule has 45 heavy (non-hydrogen) atoms. The molecule has 0 spiro atoms. The zero-order valence-corrected chi connectivity index (χ0v) is 25.7. The molecule has 5 aromatic rings. The summed E-state index contributed by atoms with van der Waals surface area (Å²) in [4.78, 5) is 14.3. The van der Waals surface area contributed by atoms with Crippen LogP contribution in [-0.2, 0) is 11.0 Å². The van der Waals surface area contributed by atoms with Crippen molar-refractivity contribution >= 4 is 22.6 Å². The molecule has 0 aromatic heterocycles. The fourth-order valence-corrected chi connectivity index (χ4v) is 5.24. The van der Waals surface area contributed by atoms with Crippen LogP contribution in [0.15, 0.2) is 120 Å². The number of carbonyl (C=O) groups excluding carboxylic acids is 1. The average molecular weight is 616 g/mol. The van der Waals surface area contributed by atoms with Gasteiger partial charge in [0, 0.05) is 53.9 Å². The van der Waals surface area contributed by atoms with Crippen molar-refractivity contribution in [3.63, 3.8) is 0 Å². The van der Waals surface area contributed by atoms with Crippen LogP contribution in [0.25, 0.3) is 22.3 Å². The van der Waals surface area contributed by atoms with Gasteiger partial charge in [-0.05, 0) is 95.1 Å². The number of hydrogen-bond donors (Lipinski definition) is 0. The van der Waals surface area contributed by atoms with Crippen LogP contribution >= 0.6 is 11.8 Å². The van der Waals surface area contributed by atoms with E-state index in [9.17, 15) is 18.0 Å². The van der Waals surface area contributed by atoms with Crippen LogP contribution in [0.5, 0.6) is 0 Å². The molecule has 5 aromatic carbocycles. The second kappa shape index (κ2) is 13.6. The molecule has 0 heterocycles. The lowest BCUT2D eigenvalue weighted by Crippen LogP contribution is -2.07. The second-order valence-electron chi connectivity index (χ2n) is 10.4. The largest absolute Gasteiger partial charge is 0.416 e. The molecule has 0 saturated carbocycles. The predicted molar refractivity (Wildman–Crippen MR) is 178 cm³/mol. The van der Waals surface area contributed by atoms with E-state index >= 15 is 0 Å². The fraction of sp³-hybridized carbons (Fsp3) is 0.103. The maximum absolute atomic E-state index is 13.4. The Balaban J connectivity index is 1.69. The molecule has 0 atom stereocenters. The number of hydrogen-bond acceptors (Lipinski definition) is 3. The number of alkyl halides is 3. The topological polar surface area (TPSA) is 20.3 Å². The molecular weight excluding hydrogens is 587 g/mol. The lowest BCUT2D eigenvalue weighted by atomic mass is 9.90. The second-order valence-corrected chi connectivity index (χ2v) is 11.7. The Labute approximate surface area is 265 Å². The summed E-state index contributed by atoms with van der Waals surface area (Å²) in [6, 6.07) is 34.1. The Morgan fingerprint density at radius 3 is 1.60 bits per heavy atom. The lowest BCUT2D eigenvalue weighted by molar-refractivity contribution is -0.137. The fourth-order valence-electron chi connectivity index (χ4n) is 4.63. The zero-order valence-electron chi connectivity index (χ0n) is 24.9. The van der Waals surface area contributed by atoms with E-state index in [1.54, 1.807) is 0 Å². The van der Waals surface area contributed by atoms with Gasteiger partial charge in [-0.3, -0.25) is 4.79 Å². The highest BCUT2D eigenvalue weighted by atomic mass is 32.2. The summed E-state index contributed by atoms with van der Waals surface area (Å²) < 4.78 is 40.1. The van der Waals surface area contributed by atoms with Crippen molar-refractivity contribution in [2.75, 3.05) is 19.0 Å². The van der Waals surface area contributed by atoms with E-state index in [-0.39, 0.29) is 5.12 Å². The Morgan fingerprint density at radius 1 is 0.644 bits per heavy atom. The first kappa shape index (κ1) is 31.3. The number of benzene rings is 5. The van der Waals surface area contributed by atoms with Crippen LogP contribution in [0, 0.1) is 23.7 Å². The first-order chi connectivity index (χ1) is 21.6. The molecule has 0 N–H and O–H groups in total. The summed E-state index contributed by atoms with van der Waals surface area (Å²) in [5.74, 6) is 13.0. The van der Waals surface area contributed by atoms with Crippen molar-refractivity contribution in [1.29, 1.82) is 0 Å². The van der Waals surface area contributed by atoms with E-state index in [0.717, 1.165) is 56.7 Å². The van der Waals surface area contributed by atoms with Gasteiger partial charge in [-0.1, -0.05) is 77.9 Å². The molecule has 0 aliphatic heterocycles. The molecule has 2 nitrogen and oxygen atoms in total. The Hall–Kier alpha value is -5.17. The molecule has 0 amide bonds. The summed E-state index contributed by atoms with van der Waals surface area (Å²) >= 11 is 1.16. The van der Waals surface area contributed by atoms with Crippen LogP contribution in [0.2, 0.25) is 0 Å². The summed E-state index contributed by atoms with van der Waals surface area (Å²) in [5.41, 5.74) is 6.35. The monoisotopic (exact) mass is 615 g/mol. The van der Waals surface area contributed by atoms with E-state index in [4.69, 9.17) is 0 Å². The minimum absolute atomic E-state index is 0.00464. The van der Waals surface area contributed by atoms with E-state index in [1.807, 2.05) is 110 Å². The molecule has 0 unspecified atom stereocenters. The summed E-state index contributed by atoms with van der Waals surface area (Å²) in [5, 5.41) is 0.00464. The van der Waals surface area contributed by atoms with Crippen LogP contribution in [-0.4, -0.2) is 19.2 Å². The molecule has 0 bridgehead atoms. The number of anilines is 1. The highest BCUT2D eigenvalue weighted by Crippen LogP contribution is 2.35. The van der Waals surface area contributed by atoms with Crippen molar-refractivity contribution in [1.82, 2.24) is 0 Å². The highest BCUT2D eigenvalue weighted by Gasteiger charge is 2.30. The molecule has 0 saturated heterocycles. The Kier molecular flexibility index (Phi) is 9.48. The molecule has 222 valence electrons. The van der Waals surface area contributed by atoms with Crippen LogP contribution in [0.4, 0.5) is 18.9 Å². The molecule has 6 heteroatoms. The number of nitrogens with zero attached hydrogens (tertiary/aromatic N) is 1. The highest BCUT2D eigenvalue weighted by molar-refractivity contribution is 8.13. The molecule has 0 radical (unpaired) electrons. The number of halogens is 3. The van der Waals surface area contributed by atoms with Gasteiger partial charge in [-0.25, -0.2) is 0 Å². The molecule has 0 aliphatic rings. The van der Waals surface area contributed by atoms with Crippen molar-refractivity contribution < 1.29 is 18.0 Å². The standard InChI is InChI=1S/C39H28F3NOS/c1-27(44)45-36-23-11-29(12-24-36)10-14-33-25-37(30-15-19-34(20-16-30)39(40,41)42)32(13-9-28-7-5-4-6-8-28)26-38(33)31-17-21-35(22-18-31)43(2)3/h4-8,11-12,15-26H,1-3H3. The smallest absolute Gasteiger partial charge is 0.378 e. The van der Waals surface area contributed by atoms with Gasteiger partial charge in [0.05, 0.1) is 5.56 Å². The molecule has 0 aliphatic carbocycles. The lowest BCUT2D eigenvalue weighted by Gasteiger charge is -2.15. The van der Waals surface area contributed by atoms with Crippen LogP contribution in [0.1, 0.15) is 34.7 Å². The van der Waals surface area contributed by atoms with Crippen molar-refractivity contribution in [2.45, 2.75) is 18.0 Å². The Morgan fingerprint density at radius 2 is 1.13 bits per heavy atom. The third-order valence-electron chi connectivity index (χ3n) is 6.95. The third kappa shape index (κ3) is 8.06. The first-order valence-electron chi connectivity index (χ1n) is 14.1. The summed E-state index contributed by atoms with van der Waals surface area (Å²) in [6.07, 6.45) is -4.44. The molecule has 0 fully saturated rings.